The summed E-state index contributed by atoms with van der Waals surface area (Å²) in [5, 5.41) is 15.9. The maximum absolute atomic E-state index is 13.6. The van der Waals surface area contributed by atoms with Crippen molar-refractivity contribution in [3.63, 3.8) is 0 Å². The fraction of sp³-hybridized carbons (Fsp3) is 0.333. The molecule has 1 aromatic heterocycles. The van der Waals surface area contributed by atoms with E-state index in [1.165, 1.54) is 11.1 Å². The number of carbonyl (C=O) groups excluding carboxylic acids is 1. The molecule has 10 nitrogen and oxygen atoms in total. The molecule has 1 atom stereocenters. The highest BCUT2D eigenvalue weighted by Crippen LogP contribution is 2.51. The molecule has 10 heteroatoms. The summed E-state index contributed by atoms with van der Waals surface area (Å²) < 4.78 is 11.2. The summed E-state index contributed by atoms with van der Waals surface area (Å²) >= 11 is 0. The van der Waals surface area contributed by atoms with Crippen molar-refractivity contribution in [2.75, 3.05) is 32.3 Å². The number of fused-ring (bicyclic) bond motifs is 1. The van der Waals surface area contributed by atoms with Gasteiger partial charge < -0.3 is 26.0 Å². The summed E-state index contributed by atoms with van der Waals surface area (Å²) in [6.07, 6.45) is 10.5. The topological polar surface area (TPSA) is 149 Å². The molecule has 2 heterocycles. The molecule has 1 aliphatic heterocycles. The molecule has 5 N–H and O–H groups in total. The van der Waals surface area contributed by atoms with E-state index >= 15 is 0 Å². The van der Waals surface area contributed by atoms with Crippen LogP contribution in [-0.4, -0.2) is 53.0 Å². The predicted octanol–water partition coefficient (Wildman–Crippen LogP) is 3.73. The number of nitrogen functional groups attached to an aromatic ring is 2. The van der Waals surface area contributed by atoms with Crippen LogP contribution in [-0.2, 0) is 11.2 Å². The molecule has 2 aliphatic rings. The molecule has 0 radical (unpaired) electrons. The van der Waals surface area contributed by atoms with E-state index in [2.05, 4.69) is 15.1 Å². The summed E-state index contributed by atoms with van der Waals surface area (Å²) in [5.41, 5.74) is 16.0. The summed E-state index contributed by atoms with van der Waals surface area (Å²) in [7, 11) is 3.11. The Labute approximate surface area is 233 Å². The Morgan fingerprint density at radius 3 is 2.70 bits per heavy atom. The molecule has 1 amide bonds. The maximum atomic E-state index is 13.6. The molecule has 40 heavy (non-hydrogen) atoms. The number of ether oxygens (including phenoxy) is 2. The number of nitrogens with zero attached hydrogens (tertiary/aromatic N) is 4. The Hall–Kier alpha value is -4.44. The van der Waals surface area contributed by atoms with Gasteiger partial charge in [-0.1, -0.05) is 24.3 Å². The lowest BCUT2D eigenvalue weighted by Gasteiger charge is -2.32. The molecule has 0 bridgehead atoms. The van der Waals surface area contributed by atoms with Crippen molar-refractivity contribution >= 4 is 30.0 Å². The van der Waals surface area contributed by atoms with Gasteiger partial charge >= 0.3 is 0 Å². The second-order valence-corrected chi connectivity index (χ2v) is 10.3. The van der Waals surface area contributed by atoms with E-state index in [0.717, 1.165) is 36.0 Å². The van der Waals surface area contributed by atoms with Crippen LogP contribution in [0.5, 0.6) is 11.5 Å². The Kier molecular flexibility index (Phi) is 7.70. The highest BCUT2D eigenvalue weighted by Gasteiger charge is 2.43. The molecule has 0 saturated heterocycles. The smallest absolute Gasteiger partial charge is 0.267 e. The Bertz CT molecular complexity index is 1470. The van der Waals surface area contributed by atoms with Crippen molar-refractivity contribution in [2.45, 2.75) is 38.1 Å². The minimum Gasteiger partial charge on any atom is -0.493 e. The average Bonchev–Trinajstić information content (AvgIpc) is 3.76. The standard InChI is InChI=1S/C30H34N6O4/c1-39-25-15-19(14-22-16-33-29(32)35-28(22)31)13-20(27(25)40-2)7-8-26(38)36-24(9-10-30(18-37)11-12-30)23-6-4-3-5-21(23)17-34-36/h3-8,13,15-17,24,37H,9-12,14,18H2,1-2H3,(H4,31,32,33,35)/b8-7+. The third kappa shape index (κ3) is 5.62. The van der Waals surface area contributed by atoms with Gasteiger partial charge in [-0.3, -0.25) is 4.79 Å². The first-order chi connectivity index (χ1) is 19.4. The van der Waals surface area contributed by atoms with Crippen LogP contribution < -0.4 is 20.9 Å². The molecular formula is C30H34N6O4. The number of hydrogen-bond donors (Lipinski definition) is 3. The van der Waals surface area contributed by atoms with E-state index in [-0.39, 0.29) is 29.9 Å². The van der Waals surface area contributed by atoms with Crippen molar-refractivity contribution in [3.05, 3.63) is 76.5 Å². The summed E-state index contributed by atoms with van der Waals surface area (Å²) in [6.45, 7) is 0.171. The van der Waals surface area contributed by atoms with Gasteiger partial charge in [0.05, 0.1) is 26.5 Å². The number of aliphatic hydroxyl groups excluding tert-OH is 1. The number of amides is 1. The zero-order valence-corrected chi connectivity index (χ0v) is 22.7. The number of rotatable bonds is 10. The highest BCUT2D eigenvalue weighted by atomic mass is 16.5. The number of aliphatic hydroxyl groups is 1. The minimum atomic E-state index is -0.257. The third-order valence-electron chi connectivity index (χ3n) is 7.72. The second kappa shape index (κ2) is 11.4. The molecule has 1 aliphatic carbocycles. The van der Waals surface area contributed by atoms with E-state index in [9.17, 15) is 9.90 Å². The first kappa shape index (κ1) is 27.1. The quantitative estimate of drug-likeness (QED) is 0.328. The second-order valence-electron chi connectivity index (χ2n) is 10.3. The van der Waals surface area contributed by atoms with Gasteiger partial charge in [0.2, 0.25) is 5.95 Å². The SMILES string of the molecule is COc1cc(Cc2cnc(N)nc2N)cc(/C=C/C(=O)N2N=Cc3ccccc3C2CCC2(CO)CC2)c1OC. The summed E-state index contributed by atoms with van der Waals surface area (Å²) in [6, 6.07) is 11.5. The lowest BCUT2D eigenvalue weighted by Crippen LogP contribution is -2.33. The molecule has 1 unspecified atom stereocenters. The van der Waals surface area contributed by atoms with E-state index in [1.807, 2.05) is 36.4 Å². The van der Waals surface area contributed by atoms with Crippen molar-refractivity contribution in [1.82, 2.24) is 15.0 Å². The first-order valence-electron chi connectivity index (χ1n) is 13.2. The molecule has 208 valence electrons. The largest absolute Gasteiger partial charge is 0.493 e. The molecule has 5 rings (SSSR count). The van der Waals surface area contributed by atoms with Crippen LogP contribution in [0.25, 0.3) is 6.08 Å². The molecule has 3 aromatic rings. The first-order valence-corrected chi connectivity index (χ1v) is 13.2. The third-order valence-corrected chi connectivity index (χ3v) is 7.72. The van der Waals surface area contributed by atoms with Gasteiger partial charge in [-0.15, -0.1) is 0 Å². The number of methoxy groups -OCH3 is 2. The monoisotopic (exact) mass is 542 g/mol. The summed E-state index contributed by atoms with van der Waals surface area (Å²) in [4.78, 5) is 21.7. The lowest BCUT2D eigenvalue weighted by molar-refractivity contribution is -0.128. The number of benzene rings is 2. The van der Waals surface area contributed by atoms with Crippen LogP contribution in [0.3, 0.4) is 0 Å². The van der Waals surface area contributed by atoms with Gasteiger partial charge in [0.25, 0.3) is 5.91 Å². The van der Waals surface area contributed by atoms with E-state index in [1.54, 1.807) is 32.7 Å². The number of nitrogens with two attached hydrogens (primary N) is 2. The van der Waals surface area contributed by atoms with Crippen molar-refractivity contribution in [2.24, 2.45) is 10.5 Å². The number of hydrogen-bond acceptors (Lipinski definition) is 9. The fourth-order valence-electron chi connectivity index (χ4n) is 5.17. The van der Waals surface area contributed by atoms with E-state index in [4.69, 9.17) is 20.9 Å². The van der Waals surface area contributed by atoms with Crippen LogP contribution in [0, 0.1) is 5.41 Å². The van der Waals surface area contributed by atoms with Crippen LogP contribution in [0.15, 0.2) is 53.8 Å². The zero-order chi connectivity index (χ0) is 28.3. The highest BCUT2D eigenvalue weighted by molar-refractivity contribution is 5.95. The van der Waals surface area contributed by atoms with Crippen molar-refractivity contribution in [1.29, 1.82) is 0 Å². The van der Waals surface area contributed by atoms with E-state index < -0.39 is 0 Å². The molecule has 1 fully saturated rings. The van der Waals surface area contributed by atoms with Gasteiger partial charge in [0.15, 0.2) is 11.5 Å². The minimum absolute atomic E-state index is 0.0239. The molecular weight excluding hydrogens is 508 g/mol. The van der Waals surface area contributed by atoms with Crippen molar-refractivity contribution < 1.29 is 19.4 Å². The van der Waals surface area contributed by atoms with Gasteiger partial charge in [0, 0.05) is 36.4 Å². The van der Waals surface area contributed by atoms with E-state index in [0.29, 0.717) is 41.3 Å². The van der Waals surface area contributed by atoms with Crippen LogP contribution in [0.1, 0.15) is 59.5 Å². The fourth-order valence-corrected chi connectivity index (χ4v) is 5.17. The summed E-state index contributed by atoms with van der Waals surface area (Å²) in [5.74, 6) is 1.17. The van der Waals surface area contributed by atoms with Gasteiger partial charge in [-0.25, -0.2) is 9.99 Å². The Balaban J connectivity index is 1.42. The Morgan fingerprint density at radius 2 is 2.00 bits per heavy atom. The van der Waals surface area contributed by atoms with Crippen molar-refractivity contribution in [3.8, 4) is 11.5 Å². The predicted molar refractivity (Wildman–Crippen MR) is 154 cm³/mol. The number of carbonyl (C=O) groups is 1. The molecule has 2 aromatic carbocycles. The van der Waals surface area contributed by atoms with Gasteiger partial charge in [0.1, 0.15) is 5.82 Å². The molecule has 1 saturated carbocycles. The van der Waals surface area contributed by atoms with Crippen LogP contribution in [0.4, 0.5) is 11.8 Å². The normalized spacial score (nSPS) is 17.1. The van der Waals surface area contributed by atoms with Crippen LogP contribution in [0.2, 0.25) is 0 Å². The van der Waals surface area contributed by atoms with Gasteiger partial charge in [-0.05, 0) is 66.0 Å². The Morgan fingerprint density at radius 1 is 1.20 bits per heavy atom. The van der Waals surface area contributed by atoms with Gasteiger partial charge in [-0.2, -0.15) is 10.1 Å². The number of anilines is 2. The van der Waals surface area contributed by atoms with Crippen LogP contribution >= 0.6 is 0 Å². The molecule has 0 spiro atoms. The maximum Gasteiger partial charge on any atom is 0.267 e. The number of aromatic nitrogens is 2. The zero-order valence-electron chi connectivity index (χ0n) is 22.7. The lowest BCUT2D eigenvalue weighted by atomic mass is 9.91. The number of hydrazone groups is 1. The average molecular weight is 543 g/mol.